The Balaban J connectivity index is 2.38. The molecule has 1 saturated heterocycles. The lowest BCUT2D eigenvalue weighted by Gasteiger charge is -2.06. The van der Waals surface area contributed by atoms with Gasteiger partial charge >= 0.3 is 0 Å². The Morgan fingerprint density at radius 3 is 2.44 bits per heavy atom. The molecule has 0 aliphatic carbocycles. The molecule has 0 aromatic rings. The molecule has 0 aromatic carbocycles. The molecule has 1 aliphatic rings. The van der Waals surface area contributed by atoms with Crippen LogP contribution in [0.1, 0.15) is 13.3 Å². The van der Waals surface area contributed by atoms with Crippen LogP contribution in [0.4, 0.5) is 4.39 Å². The van der Waals surface area contributed by atoms with Gasteiger partial charge in [0.05, 0.1) is 0 Å². The highest BCUT2D eigenvalue weighted by atomic mass is 19.1. The minimum absolute atomic E-state index is 0.301. The smallest absolute Gasteiger partial charge is 0.117 e. The van der Waals surface area contributed by atoms with Crippen molar-refractivity contribution in [3.05, 3.63) is 0 Å². The van der Waals surface area contributed by atoms with Crippen LogP contribution in [0.3, 0.4) is 0 Å². The van der Waals surface area contributed by atoms with Gasteiger partial charge in [-0.05, 0) is 13.5 Å². The van der Waals surface area contributed by atoms with E-state index in [0.717, 1.165) is 13.0 Å². The minimum atomic E-state index is -0.569. The second kappa shape index (κ2) is 2.65. The monoisotopic (exact) mass is 131 g/mol. The van der Waals surface area contributed by atoms with E-state index in [4.69, 9.17) is 0 Å². The summed E-state index contributed by atoms with van der Waals surface area (Å²) in [5, 5.41) is 0. The molecule has 9 heavy (non-hydrogen) atoms. The Morgan fingerprint density at radius 2 is 2.22 bits per heavy atom. The van der Waals surface area contributed by atoms with E-state index in [2.05, 4.69) is 11.8 Å². The molecule has 1 fully saturated rings. The van der Waals surface area contributed by atoms with Crippen LogP contribution in [0.2, 0.25) is 0 Å². The normalized spacial score (nSPS) is 37.7. The highest BCUT2D eigenvalue weighted by Crippen LogP contribution is 2.20. The first-order chi connectivity index (χ1) is 4.24. The second-order valence-corrected chi connectivity index (χ2v) is 2.91. The van der Waals surface area contributed by atoms with Gasteiger partial charge in [0.1, 0.15) is 6.17 Å². The minimum Gasteiger partial charge on any atom is -0.303 e. The molecular weight excluding hydrogens is 117 g/mol. The van der Waals surface area contributed by atoms with Crippen LogP contribution >= 0.6 is 0 Å². The molecule has 0 amide bonds. The lowest BCUT2D eigenvalue weighted by molar-refractivity contribution is 0.274. The Bertz CT molecular complexity index is 94.9. The summed E-state index contributed by atoms with van der Waals surface area (Å²) in [5.74, 6) is 0.301. The number of hydrogen-bond acceptors (Lipinski definition) is 1. The highest BCUT2D eigenvalue weighted by molar-refractivity contribution is 4.80. The zero-order valence-corrected chi connectivity index (χ0v) is 6.10. The summed E-state index contributed by atoms with van der Waals surface area (Å²) in [5.41, 5.74) is 0. The zero-order chi connectivity index (χ0) is 6.85. The van der Waals surface area contributed by atoms with Gasteiger partial charge in [-0.1, -0.05) is 6.92 Å². The first-order valence-corrected chi connectivity index (χ1v) is 3.56. The van der Waals surface area contributed by atoms with Gasteiger partial charge < -0.3 is 4.90 Å². The number of hydrogen-bond donors (Lipinski definition) is 0. The molecule has 1 aliphatic heterocycles. The van der Waals surface area contributed by atoms with Crippen molar-refractivity contribution in [1.29, 1.82) is 0 Å². The third-order valence-electron chi connectivity index (χ3n) is 2.07. The van der Waals surface area contributed by atoms with Gasteiger partial charge in [-0.2, -0.15) is 0 Å². The summed E-state index contributed by atoms with van der Waals surface area (Å²) in [6, 6.07) is 0. The predicted octanol–water partition coefficient (Wildman–Crippen LogP) is 1.30. The van der Waals surface area contributed by atoms with Crippen molar-refractivity contribution in [3.8, 4) is 0 Å². The van der Waals surface area contributed by atoms with Gasteiger partial charge in [-0.15, -0.1) is 0 Å². The molecular formula is C7H14FN. The standard InChI is InChI=1S/C7H14FN/c1-3-6-4-9(2)5-7(6)8/h6-7H,3-5H2,1-2H3/t6-,7+/m1/s1. The molecule has 2 atom stereocenters. The molecule has 0 spiro atoms. The molecule has 1 rings (SSSR count). The van der Waals surface area contributed by atoms with Crippen LogP contribution in [0, 0.1) is 5.92 Å². The Kier molecular flexibility index (Phi) is 2.06. The Hall–Kier alpha value is -0.110. The van der Waals surface area contributed by atoms with Crippen LogP contribution in [0.25, 0.3) is 0 Å². The van der Waals surface area contributed by atoms with E-state index in [1.807, 2.05) is 7.05 Å². The van der Waals surface area contributed by atoms with Crippen molar-refractivity contribution < 1.29 is 4.39 Å². The van der Waals surface area contributed by atoms with Crippen molar-refractivity contribution in [3.63, 3.8) is 0 Å². The van der Waals surface area contributed by atoms with Crippen molar-refractivity contribution in [1.82, 2.24) is 4.90 Å². The first kappa shape index (κ1) is 7.00. The topological polar surface area (TPSA) is 3.24 Å². The van der Waals surface area contributed by atoms with Crippen molar-refractivity contribution >= 4 is 0 Å². The number of likely N-dealkylation sites (tertiary alicyclic amines) is 1. The summed E-state index contributed by atoms with van der Waals surface area (Å²) in [6.45, 7) is 3.63. The summed E-state index contributed by atoms with van der Waals surface area (Å²) < 4.78 is 12.8. The number of nitrogens with zero attached hydrogens (tertiary/aromatic N) is 1. The fourth-order valence-corrected chi connectivity index (χ4v) is 1.42. The quantitative estimate of drug-likeness (QED) is 0.518. The zero-order valence-electron chi connectivity index (χ0n) is 6.10. The van der Waals surface area contributed by atoms with Gasteiger partial charge in [0.25, 0.3) is 0 Å². The van der Waals surface area contributed by atoms with Crippen molar-refractivity contribution in [2.24, 2.45) is 5.92 Å². The maximum atomic E-state index is 12.8. The van der Waals surface area contributed by atoms with E-state index in [1.54, 1.807) is 0 Å². The number of rotatable bonds is 1. The summed E-state index contributed by atoms with van der Waals surface area (Å²) in [4.78, 5) is 2.05. The molecule has 0 aromatic heterocycles. The summed E-state index contributed by atoms with van der Waals surface area (Å²) in [7, 11) is 1.97. The maximum absolute atomic E-state index is 12.8. The van der Waals surface area contributed by atoms with Gasteiger partial charge in [-0.3, -0.25) is 0 Å². The molecule has 0 N–H and O–H groups in total. The molecule has 0 saturated carbocycles. The largest absolute Gasteiger partial charge is 0.303 e. The molecule has 2 heteroatoms. The number of alkyl halides is 1. The van der Waals surface area contributed by atoms with Crippen molar-refractivity contribution in [2.75, 3.05) is 20.1 Å². The van der Waals surface area contributed by atoms with Gasteiger partial charge in [0, 0.05) is 19.0 Å². The van der Waals surface area contributed by atoms with Crippen molar-refractivity contribution in [2.45, 2.75) is 19.5 Å². The van der Waals surface area contributed by atoms with Crippen LogP contribution in [0.15, 0.2) is 0 Å². The van der Waals surface area contributed by atoms with E-state index in [1.165, 1.54) is 0 Å². The van der Waals surface area contributed by atoms with E-state index in [0.29, 0.717) is 12.5 Å². The SMILES string of the molecule is CC[C@@H]1CN(C)C[C@@H]1F. The van der Waals surface area contributed by atoms with E-state index < -0.39 is 6.17 Å². The third-order valence-corrected chi connectivity index (χ3v) is 2.07. The van der Waals surface area contributed by atoms with Gasteiger partial charge in [-0.25, -0.2) is 4.39 Å². The maximum Gasteiger partial charge on any atom is 0.117 e. The summed E-state index contributed by atoms with van der Waals surface area (Å²) in [6.07, 6.45) is 0.408. The van der Waals surface area contributed by atoms with Crippen LogP contribution in [-0.2, 0) is 0 Å². The predicted molar refractivity (Wildman–Crippen MR) is 36.2 cm³/mol. The fourth-order valence-electron chi connectivity index (χ4n) is 1.42. The number of halogens is 1. The second-order valence-electron chi connectivity index (χ2n) is 2.91. The lowest BCUT2D eigenvalue weighted by atomic mass is 10.1. The van der Waals surface area contributed by atoms with Crippen LogP contribution in [-0.4, -0.2) is 31.2 Å². The van der Waals surface area contributed by atoms with Gasteiger partial charge in [0.2, 0.25) is 0 Å². The summed E-state index contributed by atoms with van der Waals surface area (Å²) >= 11 is 0. The molecule has 0 unspecified atom stereocenters. The average Bonchev–Trinajstić information content (AvgIpc) is 2.10. The highest BCUT2D eigenvalue weighted by Gasteiger charge is 2.28. The average molecular weight is 131 g/mol. The lowest BCUT2D eigenvalue weighted by Crippen LogP contribution is -2.13. The van der Waals surface area contributed by atoms with Gasteiger partial charge in [0.15, 0.2) is 0 Å². The van der Waals surface area contributed by atoms with Crippen LogP contribution in [0.5, 0.6) is 0 Å². The molecule has 0 radical (unpaired) electrons. The third kappa shape index (κ3) is 1.42. The van der Waals surface area contributed by atoms with E-state index in [-0.39, 0.29) is 0 Å². The molecule has 0 bridgehead atoms. The van der Waals surface area contributed by atoms with E-state index in [9.17, 15) is 4.39 Å². The van der Waals surface area contributed by atoms with Crippen LogP contribution < -0.4 is 0 Å². The molecule has 1 nitrogen and oxygen atoms in total. The van der Waals surface area contributed by atoms with E-state index >= 15 is 0 Å². The molecule has 54 valence electrons. The molecule has 1 heterocycles. The Labute approximate surface area is 55.8 Å². The first-order valence-electron chi connectivity index (χ1n) is 3.56. The Morgan fingerprint density at radius 1 is 1.56 bits per heavy atom. The fraction of sp³-hybridized carbons (Fsp3) is 1.00.